The minimum Gasteiger partial charge on any atom is -0.392 e. The molecule has 2 aromatic carbocycles. The summed E-state index contributed by atoms with van der Waals surface area (Å²) in [5, 5.41) is 23.1. The summed E-state index contributed by atoms with van der Waals surface area (Å²) in [7, 11) is 0. The smallest absolute Gasteiger partial charge is 0.292 e. The lowest BCUT2D eigenvalue weighted by atomic mass is 10.1. The third kappa shape index (κ3) is 3.13. The Morgan fingerprint density at radius 3 is 2.40 bits per heavy atom. The number of aliphatic hydroxyl groups excluding tert-OH is 1. The molecule has 0 atom stereocenters. The summed E-state index contributed by atoms with van der Waals surface area (Å²) >= 11 is 0. The van der Waals surface area contributed by atoms with Gasteiger partial charge in [-0.3, -0.25) is 10.1 Å². The van der Waals surface area contributed by atoms with Crippen LogP contribution in [0.4, 0.5) is 11.4 Å². The van der Waals surface area contributed by atoms with Gasteiger partial charge >= 0.3 is 0 Å². The van der Waals surface area contributed by atoms with Crippen LogP contribution in [0.5, 0.6) is 0 Å². The molecule has 2 rings (SSSR count). The van der Waals surface area contributed by atoms with E-state index in [4.69, 9.17) is 5.11 Å². The fraction of sp³-hybridized carbons (Fsp3) is 0.200. The van der Waals surface area contributed by atoms with Crippen molar-refractivity contribution >= 4 is 11.4 Å². The molecule has 0 unspecified atom stereocenters. The zero-order valence-electron chi connectivity index (χ0n) is 11.2. The van der Waals surface area contributed by atoms with Crippen molar-refractivity contribution in [2.24, 2.45) is 0 Å². The maximum atomic E-state index is 11.0. The number of nitrogens with one attached hydrogen (secondary N) is 1. The molecule has 0 spiro atoms. The summed E-state index contributed by atoms with van der Waals surface area (Å²) in [6, 6.07) is 12.5. The van der Waals surface area contributed by atoms with Crippen LogP contribution in [0.2, 0.25) is 0 Å². The largest absolute Gasteiger partial charge is 0.392 e. The first kappa shape index (κ1) is 14.0. The summed E-state index contributed by atoms with van der Waals surface area (Å²) in [4.78, 5) is 10.6. The van der Waals surface area contributed by atoms with Crippen molar-refractivity contribution in [3.63, 3.8) is 0 Å². The Bertz CT molecular complexity index is 609. The molecule has 0 amide bonds. The van der Waals surface area contributed by atoms with Crippen LogP contribution in [0.1, 0.15) is 16.7 Å². The van der Waals surface area contributed by atoms with Crippen molar-refractivity contribution < 1.29 is 10.0 Å². The number of nitrogens with zero attached hydrogens (tertiary/aromatic N) is 1. The summed E-state index contributed by atoms with van der Waals surface area (Å²) in [5.41, 5.74) is 3.31. The first-order valence-corrected chi connectivity index (χ1v) is 6.28. The molecule has 104 valence electrons. The van der Waals surface area contributed by atoms with Crippen molar-refractivity contribution in [2.45, 2.75) is 20.1 Å². The molecule has 20 heavy (non-hydrogen) atoms. The van der Waals surface area contributed by atoms with Crippen molar-refractivity contribution in [2.75, 3.05) is 5.32 Å². The highest BCUT2D eigenvalue weighted by molar-refractivity contribution is 5.66. The van der Waals surface area contributed by atoms with Crippen LogP contribution >= 0.6 is 0 Å². The van der Waals surface area contributed by atoms with Crippen molar-refractivity contribution in [1.82, 2.24) is 0 Å². The number of nitro benzene ring substituents is 1. The number of nitro groups is 1. The minimum absolute atomic E-state index is 0.0109. The lowest BCUT2D eigenvalue weighted by molar-refractivity contribution is -0.384. The van der Waals surface area contributed by atoms with E-state index in [0.717, 1.165) is 16.7 Å². The first-order valence-electron chi connectivity index (χ1n) is 6.28. The molecule has 0 heterocycles. The topological polar surface area (TPSA) is 75.4 Å². The second-order valence-corrected chi connectivity index (χ2v) is 4.55. The van der Waals surface area contributed by atoms with Gasteiger partial charge in [0, 0.05) is 12.6 Å². The van der Waals surface area contributed by atoms with Crippen molar-refractivity contribution in [1.29, 1.82) is 0 Å². The number of hydrogen-bond acceptors (Lipinski definition) is 4. The predicted molar refractivity (Wildman–Crippen MR) is 77.5 cm³/mol. The predicted octanol–water partition coefficient (Wildman–Crippen LogP) is 3.01. The van der Waals surface area contributed by atoms with Gasteiger partial charge in [-0.2, -0.15) is 0 Å². The molecule has 5 heteroatoms. The van der Waals surface area contributed by atoms with Crippen LogP contribution in [0.3, 0.4) is 0 Å². The Morgan fingerprint density at radius 2 is 1.80 bits per heavy atom. The lowest BCUT2D eigenvalue weighted by Crippen LogP contribution is -2.04. The molecule has 0 aliphatic carbocycles. The number of para-hydroxylation sites is 1. The monoisotopic (exact) mass is 272 g/mol. The summed E-state index contributed by atoms with van der Waals surface area (Å²) in [5.74, 6) is 0. The van der Waals surface area contributed by atoms with Crippen molar-refractivity contribution in [3.8, 4) is 0 Å². The first-order chi connectivity index (χ1) is 9.61. The molecule has 0 saturated heterocycles. The molecule has 0 aromatic heterocycles. The fourth-order valence-corrected chi connectivity index (χ4v) is 1.99. The minimum atomic E-state index is -0.385. The van der Waals surface area contributed by atoms with Gasteiger partial charge in [0.25, 0.3) is 5.69 Å². The van der Waals surface area contributed by atoms with Gasteiger partial charge in [-0.25, -0.2) is 0 Å². The normalized spacial score (nSPS) is 10.3. The molecule has 2 N–H and O–H groups in total. The molecule has 0 bridgehead atoms. The van der Waals surface area contributed by atoms with Gasteiger partial charge in [-0.05, 0) is 23.6 Å². The second kappa shape index (κ2) is 6.16. The molecule has 0 aliphatic heterocycles. The van der Waals surface area contributed by atoms with E-state index in [1.165, 1.54) is 6.07 Å². The molecule has 2 aromatic rings. The van der Waals surface area contributed by atoms with Gasteiger partial charge in [0.2, 0.25) is 0 Å². The molecular formula is C15H16N2O3. The zero-order valence-corrected chi connectivity index (χ0v) is 11.2. The zero-order chi connectivity index (χ0) is 14.5. The molecule has 0 aliphatic rings. The average Bonchev–Trinajstić information content (AvgIpc) is 2.46. The maximum Gasteiger partial charge on any atom is 0.292 e. The Morgan fingerprint density at radius 1 is 1.15 bits per heavy atom. The third-order valence-electron chi connectivity index (χ3n) is 3.12. The summed E-state index contributed by atoms with van der Waals surface area (Å²) in [6.45, 7) is 2.35. The van der Waals surface area contributed by atoms with Crippen LogP contribution in [0.15, 0.2) is 42.5 Å². The van der Waals surface area contributed by atoms with E-state index in [9.17, 15) is 10.1 Å². The van der Waals surface area contributed by atoms with Gasteiger partial charge in [0.05, 0.1) is 11.5 Å². The van der Waals surface area contributed by atoms with Gasteiger partial charge in [0.1, 0.15) is 5.69 Å². The molecule has 5 nitrogen and oxygen atoms in total. The Kier molecular flexibility index (Phi) is 4.32. The Balaban J connectivity index is 2.16. The highest BCUT2D eigenvalue weighted by Gasteiger charge is 2.14. The van der Waals surface area contributed by atoms with E-state index in [-0.39, 0.29) is 17.2 Å². The quantitative estimate of drug-likeness (QED) is 0.648. The second-order valence-electron chi connectivity index (χ2n) is 4.55. The number of hydrogen-bond donors (Lipinski definition) is 2. The highest BCUT2D eigenvalue weighted by atomic mass is 16.6. The van der Waals surface area contributed by atoms with Crippen LogP contribution in [0.25, 0.3) is 0 Å². The van der Waals surface area contributed by atoms with Gasteiger partial charge in [-0.15, -0.1) is 0 Å². The number of aryl methyl sites for hydroxylation is 1. The molecule has 0 saturated carbocycles. The number of anilines is 1. The van der Waals surface area contributed by atoms with E-state index in [0.29, 0.717) is 12.2 Å². The number of aliphatic hydroxyl groups is 1. The Labute approximate surface area is 117 Å². The standard InChI is InChI=1S/C15H16N2O3/c1-11-3-2-4-14(17(19)20)15(11)16-9-12-5-7-13(10-18)8-6-12/h2-8,16,18H,9-10H2,1H3. The van der Waals surface area contributed by atoms with Gasteiger partial charge in [0.15, 0.2) is 0 Å². The molecular weight excluding hydrogens is 256 g/mol. The SMILES string of the molecule is Cc1cccc([N+](=O)[O-])c1NCc1ccc(CO)cc1. The summed E-state index contributed by atoms with van der Waals surface area (Å²) in [6.07, 6.45) is 0. The van der Waals surface area contributed by atoms with Crippen LogP contribution < -0.4 is 5.32 Å². The van der Waals surface area contributed by atoms with E-state index in [1.807, 2.05) is 37.3 Å². The van der Waals surface area contributed by atoms with Crippen LogP contribution in [-0.2, 0) is 13.2 Å². The highest BCUT2D eigenvalue weighted by Crippen LogP contribution is 2.28. The lowest BCUT2D eigenvalue weighted by Gasteiger charge is -2.10. The van der Waals surface area contributed by atoms with Gasteiger partial charge in [-0.1, -0.05) is 36.4 Å². The number of benzene rings is 2. The van der Waals surface area contributed by atoms with Gasteiger partial charge < -0.3 is 10.4 Å². The molecule has 0 fully saturated rings. The molecule has 0 radical (unpaired) electrons. The average molecular weight is 272 g/mol. The summed E-state index contributed by atoms with van der Waals surface area (Å²) < 4.78 is 0. The van der Waals surface area contributed by atoms with Crippen molar-refractivity contribution in [3.05, 3.63) is 69.3 Å². The van der Waals surface area contributed by atoms with E-state index < -0.39 is 0 Å². The fourth-order valence-electron chi connectivity index (χ4n) is 1.99. The number of rotatable bonds is 5. The van der Waals surface area contributed by atoms with E-state index in [1.54, 1.807) is 6.07 Å². The van der Waals surface area contributed by atoms with Crippen LogP contribution in [0, 0.1) is 17.0 Å². The third-order valence-corrected chi connectivity index (χ3v) is 3.12. The van der Waals surface area contributed by atoms with E-state index >= 15 is 0 Å². The maximum absolute atomic E-state index is 11.0. The van der Waals surface area contributed by atoms with E-state index in [2.05, 4.69) is 5.32 Å². The Hall–Kier alpha value is -2.40. The van der Waals surface area contributed by atoms with Crippen LogP contribution in [-0.4, -0.2) is 10.0 Å².